The molecule has 1 N–H and O–H groups in total. The molecule has 0 heterocycles. The first-order chi connectivity index (χ1) is 15.2. The van der Waals surface area contributed by atoms with Crippen LogP contribution in [0, 0.1) is 52.3 Å². The van der Waals surface area contributed by atoms with Gasteiger partial charge < -0.3 is 5.11 Å². The lowest BCUT2D eigenvalue weighted by molar-refractivity contribution is -0.138. The van der Waals surface area contributed by atoms with E-state index in [-0.39, 0.29) is 0 Å². The van der Waals surface area contributed by atoms with E-state index in [1.165, 1.54) is 57.8 Å². The second kappa shape index (κ2) is 9.74. The zero-order valence-electron chi connectivity index (χ0n) is 21.0. The van der Waals surface area contributed by atoms with Crippen molar-refractivity contribution in [2.45, 2.75) is 105 Å². The van der Waals surface area contributed by atoms with Crippen LogP contribution in [0.4, 0.5) is 0 Å². The van der Waals surface area contributed by atoms with Crippen LogP contribution in [0.25, 0.3) is 0 Å². The molecule has 0 aromatic rings. The van der Waals surface area contributed by atoms with Gasteiger partial charge in [-0.25, -0.2) is 0 Å². The highest BCUT2D eigenvalue weighted by molar-refractivity contribution is 9.09. The summed E-state index contributed by atoms with van der Waals surface area (Å²) in [7, 11) is 0. The van der Waals surface area contributed by atoms with Gasteiger partial charge in [-0.15, -0.1) is 0 Å². The van der Waals surface area contributed by atoms with Gasteiger partial charge in [0, 0.05) is 17.2 Å². The van der Waals surface area contributed by atoms with Gasteiger partial charge in [-0.05, 0) is 98.2 Å². The van der Waals surface area contributed by atoms with Crippen LogP contribution < -0.4 is 0 Å². The van der Waals surface area contributed by atoms with E-state index in [9.17, 15) is 9.90 Å². The summed E-state index contributed by atoms with van der Waals surface area (Å²) in [5, 5.41) is 10.4. The molecule has 32 heavy (non-hydrogen) atoms. The molecular weight excluding hydrogens is 460 g/mol. The van der Waals surface area contributed by atoms with Gasteiger partial charge in [0.1, 0.15) is 0 Å². The van der Waals surface area contributed by atoms with Crippen LogP contribution in [0.5, 0.6) is 0 Å². The number of fused-ring (bicyclic) bond motifs is 5. The van der Waals surface area contributed by atoms with Crippen molar-refractivity contribution in [2.24, 2.45) is 52.3 Å². The summed E-state index contributed by atoms with van der Waals surface area (Å²) in [5.41, 5.74) is 2.46. The molecule has 0 aliphatic heterocycles. The predicted octanol–water partition coefficient (Wildman–Crippen LogP) is 8.49. The molecule has 0 saturated heterocycles. The number of aliphatic carboxylic acids is 1. The molecule has 4 rings (SSSR count). The number of allylic oxidation sites excluding steroid dienone is 2. The van der Waals surface area contributed by atoms with E-state index in [2.05, 4.69) is 49.7 Å². The Bertz CT molecular complexity index is 714. The molecule has 182 valence electrons. The van der Waals surface area contributed by atoms with E-state index in [0.29, 0.717) is 23.2 Å². The van der Waals surface area contributed by atoms with Crippen LogP contribution in [-0.4, -0.2) is 16.4 Å². The summed E-state index contributed by atoms with van der Waals surface area (Å²) in [4.78, 5) is 11.3. The first-order valence-corrected chi connectivity index (χ1v) is 14.8. The SMILES string of the molecule is CC(C)CCC[C@@H](C)[C@H]1CCC2C3CC=C4CC(CC(=O)O)CC[C@]4(CBr)C3CC[C@@]21C. The zero-order valence-corrected chi connectivity index (χ0v) is 22.6. The van der Waals surface area contributed by atoms with Crippen LogP contribution in [0.3, 0.4) is 0 Å². The average molecular weight is 508 g/mol. The van der Waals surface area contributed by atoms with Gasteiger partial charge in [-0.2, -0.15) is 0 Å². The molecule has 0 amide bonds. The Labute approximate surface area is 205 Å². The van der Waals surface area contributed by atoms with Crippen molar-refractivity contribution < 1.29 is 9.90 Å². The van der Waals surface area contributed by atoms with Crippen molar-refractivity contribution in [3.63, 3.8) is 0 Å². The lowest BCUT2D eigenvalue weighted by Crippen LogP contribution is -2.52. The van der Waals surface area contributed by atoms with E-state index < -0.39 is 5.97 Å². The molecule has 8 atom stereocenters. The third-order valence-corrected chi connectivity index (χ3v) is 11.8. The molecule has 0 bridgehead atoms. The van der Waals surface area contributed by atoms with Crippen molar-refractivity contribution >= 4 is 21.9 Å². The number of carboxylic acids is 1. The normalized spacial score (nSPS) is 42.1. The molecule has 3 fully saturated rings. The lowest BCUT2D eigenvalue weighted by Gasteiger charge is -2.59. The molecule has 2 nitrogen and oxygen atoms in total. The van der Waals surface area contributed by atoms with Gasteiger partial charge in [0.25, 0.3) is 0 Å². The average Bonchev–Trinajstić information content (AvgIpc) is 3.10. The van der Waals surface area contributed by atoms with Crippen molar-refractivity contribution in [3.05, 3.63) is 11.6 Å². The number of alkyl halides is 1. The minimum Gasteiger partial charge on any atom is -0.481 e. The summed E-state index contributed by atoms with van der Waals surface area (Å²) in [6, 6.07) is 0. The fourth-order valence-electron chi connectivity index (χ4n) is 9.23. The Morgan fingerprint density at radius 1 is 1.12 bits per heavy atom. The highest BCUT2D eigenvalue weighted by Gasteiger charge is 2.60. The molecular formula is C29H47BrO2. The molecule has 0 spiro atoms. The number of carboxylic acid groups (broad SMARTS) is 1. The highest BCUT2D eigenvalue weighted by atomic mass is 79.9. The maximum atomic E-state index is 11.3. The number of hydrogen-bond acceptors (Lipinski definition) is 1. The molecule has 0 aromatic carbocycles. The largest absolute Gasteiger partial charge is 0.481 e. The van der Waals surface area contributed by atoms with Crippen LogP contribution >= 0.6 is 15.9 Å². The molecule has 4 aliphatic rings. The van der Waals surface area contributed by atoms with Crippen LogP contribution in [0.2, 0.25) is 0 Å². The van der Waals surface area contributed by atoms with Crippen molar-refractivity contribution in [2.75, 3.05) is 5.33 Å². The third-order valence-electron chi connectivity index (χ3n) is 10.8. The molecule has 4 aliphatic carbocycles. The monoisotopic (exact) mass is 506 g/mol. The second-order valence-corrected chi connectivity index (χ2v) is 13.4. The van der Waals surface area contributed by atoms with E-state index in [1.807, 2.05) is 0 Å². The van der Waals surface area contributed by atoms with E-state index in [1.54, 1.807) is 5.57 Å². The molecule has 3 heteroatoms. The summed E-state index contributed by atoms with van der Waals surface area (Å²) in [6.07, 6.45) is 17.4. The third kappa shape index (κ3) is 4.38. The van der Waals surface area contributed by atoms with Crippen molar-refractivity contribution in [1.82, 2.24) is 0 Å². The van der Waals surface area contributed by atoms with Gasteiger partial charge >= 0.3 is 5.97 Å². The first kappa shape index (κ1) is 24.8. The highest BCUT2D eigenvalue weighted by Crippen LogP contribution is 2.68. The minimum atomic E-state index is -0.622. The Balaban J connectivity index is 1.50. The molecule has 0 radical (unpaired) electrons. The summed E-state index contributed by atoms with van der Waals surface area (Å²) >= 11 is 3.98. The van der Waals surface area contributed by atoms with E-state index >= 15 is 0 Å². The van der Waals surface area contributed by atoms with Crippen LogP contribution in [-0.2, 0) is 4.79 Å². The first-order valence-electron chi connectivity index (χ1n) is 13.7. The number of halogens is 1. The smallest absolute Gasteiger partial charge is 0.303 e. The second-order valence-electron chi connectivity index (χ2n) is 12.9. The fourth-order valence-corrected chi connectivity index (χ4v) is 10.3. The Hall–Kier alpha value is -0.310. The maximum Gasteiger partial charge on any atom is 0.303 e. The van der Waals surface area contributed by atoms with Gasteiger partial charge in [-0.1, -0.05) is 74.5 Å². The van der Waals surface area contributed by atoms with Crippen LogP contribution in [0.1, 0.15) is 105 Å². The van der Waals surface area contributed by atoms with E-state index in [0.717, 1.165) is 53.7 Å². The maximum absolute atomic E-state index is 11.3. The Kier molecular flexibility index (Phi) is 7.55. The minimum absolute atomic E-state index is 0.306. The summed E-state index contributed by atoms with van der Waals surface area (Å²) in [6.45, 7) is 9.96. The van der Waals surface area contributed by atoms with Crippen LogP contribution in [0.15, 0.2) is 11.6 Å². The molecule has 3 saturated carbocycles. The van der Waals surface area contributed by atoms with Gasteiger partial charge in [0.15, 0.2) is 0 Å². The lowest BCUT2D eigenvalue weighted by atomic mass is 9.46. The zero-order chi connectivity index (χ0) is 23.1. The van der Waals surface area contributed by atoms with Gasteiger partial charge in [0.2, 0.25) is 0 Å². The van der Waals surface area contributed by atoms with Crippen molar-refractivity contribution in [1.29, 1.82) is 0 Å². The van der Waals surface area contributed by atoms with Crippen molar-refractivity contribution in [3.8, 4) is 0 Å². The fraction of sp³-hybridized carbons (Fsp3) is 0.897. The molecule has 4 unspecified atom stereocenters. The number of carbonyl (C=O) groups is 1. The van der Waals surface area contributed by atoms with E-state index in [4.69, 9.17) is 0 Å². The Morgan fingerprint density at radius 2 is 1.91 bits per heavy atom. The molecule has 0 aromatic heterocycles. The number of hydrogen-bond donors (Lipinski definition) is 1. The van der Waals surface area contributed by atoms with Gasteiger partial charge in [0.05, 0.1) is 0 Å². The Morgan fingerprint density at radius 3 is 2.59 bits per heavy atom. The number of rotatable bonds is 8. The summed E-state index contributed by atoms with van der Waals surface area (Å²) in [5.74, 6) is 4.88. The topological polar surface area (TPSA) is 37.3 Å². The predicted molar refractivity (Wildman–Crippen MR) is 137 cm³/mol. The summed E-state index contributed by atoms with van der Waals surface area (Å²) < 4.78 is 0. The van der Waals surface area contributed by atoms with Gasteiger partial charge in [-0.3, -0.25) is 4.79 Å². The quantitative estimate of drug-likeness (QED) is 0.264. The standard InChI is InChI=1S/C29H47BrO2/c1-19(2)6-5-7-20(3)24-10-11-25-23-9-8-22-16-21(17-27(31)32)12-15-29(22,18-30)26(23)13-14-28(24,25)4/h8,19-21,23-26H,5-7,9-18H2,1-4H3,(H,31,32)/t20-,21?,23?,24-,25?,26?,28-,29-/m1/s1.